The number of hydrogen-bond donors (Lipinski definition) is 2. The van der Waals surface area contributed by atoms with Gasteiger partial charge < -0.3 is 14.2 Å². The van der Waals surface area contributed by atoms with Crippen molar-refractivity contribution >= 4 is 11.8 Å². The molecule has 2 aromatic rings. The van der Waals surface area contributed by atoms with Crippen molar-refractivity contribution in [2.75, 3.05) is 20.8 Å². The first-order valence-electron chi connectivity index (χ1n) is 8.48. The predicted molar refractivity (Wildman–Crippen MR) is 101 cm³/mol. The fourth-order valence-corrected chi connectivity index (χ4v) is 2.46. The Morgan fingerprint density at radius 2 is 1.68 bits per heavy atom. The van der Waals surface area contributed by atoms with Crippen LogP contribution in [0, 0.1) is 11.3 Å². The number of para-hydroxylation sites is 2. The van der Waals surface area contributed by atoms with E-state index >= 15 is 0 Å². The summed E-state index contributed by atoms with van der Waals surface area (Å²) in [6, 6.07) is 14.0. The molecule has 0 aromatic heterocycles. The van der Waals surface area contributed by atoms with Gasteiger partial charge in [-0.2, -0.15) is 5.26 Å². The van der Waals surface area contributed by atoms with Gasteiger partial charge in [-0.05, 0) is 30.2 Å². The van der Waals surface area contributed by atoms with Gasteiger partial charge in [-0.15, -0.1) is 0 Å². The first-order valence-corrected chi connectivity index (χ1v) is 8.48. The van der Waals surface area contributed by atoms with Crippen LogP contribution < -0.4 is 25.1 Å². The first kappa shape index (κ1) is 20.6. The summed E-state index contributed by atoms with van der Waals surface area (Å²) in [6.45, 7) is -0.331. The number of methoxy groups -OCH3 is 2. The van der Waals surface area contributed by atoms with E-state index < -0.39 is 5.91 Å². The molecule has 0 radical (unpaired) electrons. The number of hydrogen-bond acceptors (Lipinski definition) is 6. The average molecular weight is 383 g/mol. The average Bonchev–Trinajstić information content (AvgIpc) is 2.74. The number of rotatable bonds is 8. The third-order valence-electron chi connectivity index (χ3n) is 3.81. The van der Waals surface area contributed by atoms with Crippen LogP contribution in [0.2, 0.25) is 0 Å². The summed E-state index contributed by atoms with van der Waals surface area (Å²) >= 11 is 0. The normalized spacial score (nSPS) is 9.75. The highest BCUT2D eigenvalue weighted by molar-refractivity contribution is 5.82. The summed E-state index contributed by atoms with van der Waals surface area (Å²) in [5.74, 6) is 0.558. The number of aryl methyl sites for hydroxylation is 1. The van der Waals surface area contributed by atoms with E-state index in [1.165, 1.54) is 7.11 Å². The maximum Gasteiger partial charge on any atom is 0.276 e. The zero-order valence-corrected chi connectivity index (χ0v) is 15.7. The maximum atomic E-state index is 12.0. The minimum Gasteiger partial charge on any atom is -0.493 e. The molecular formula is C20H21N3O5. The van der Waals surface area contributed by atoms with E-state index in [9.17, 15) is 9.59 Å². The maximum absolute atomic E-state index is 12.0. The van der Waals surface area contributed by atoms with Crippen LogP contribution in [0.3, 0.4) is 0 Å². The molecule has 2 aromatic carbocycles. The second kappa shape index (κ2) is 10.4. The molecule has 0 unspecified atom stereocenters. The zero-order valence-electron chi connectivity index (χ0n) is 15.7. The summed E-state index contributed by atoms with van der Waals surface area (Å²) in [4.78, 5) is 23.8. The molecule has 0 fully saturated rings. The summed E-state index contributed by atoms with van der Waals surface area (Å²) in [6.07, 6.45) is 0.552. The van der Waals surface area contributed by atoms with Crippen molar-refractivity contribution < 1.29 is 23.8 Å². The fourth-order valence-electron chi connectivity index (χ4n) is 2.46. The first-order chi connectivity index (χ1) is 13.6. The van der Waals surface area contributed by atoms with Gasteiger partial charge in [-0.3, -0.25) is 20.4 Å². The smallest absolute Gasteiger partial charge is 0.276 e. The summed E-state index contributed by atoms with van der Waals surface area (Å²) in [5.41, 5.74) is 5.75. The van der Waals surface area contributed by atoms with E-state index in [0.717, 1.165) is 5.56 Å². The van der Waals surface area contributed by atoms with Crippen LogP contribution in [0.4, 0.5) is 0 Å². The molecule has 2 rings (SSSR count). The van der Waals surface area contributed by atoms with Crippen LogP contribution >= 0.6 is 0 Å². The van der Waals surface area contributed by atoms with Gasteiger partial charge in [0.1, 0.15) is 11.8 Å². The molecule has 0 heterocycles. The molecule has 0 aliphatic rings. The molecule has 0 saturated carbocycles. The van der Waals surface area contributed by atoms with Crippen LogP contribution in [-0.4, -0.2) is 32.6 Å². The number of hydrazine groups is 1. The standard InChI is InChI=1S/C20H21N3O5/c1-26-17-9-5-7-14(20(17)27-2)10-11-18(24)22-23-19(25)13-28-16-8-4-3-6-15(16)12-21/h3-9H,10-11,13H2,1-2H3,(H,22,24)(H,23,25). The monoisotopic (exact) mass is 383 g/mol. The lowest BCUT2D eigenvalue weighted by Gasteiger charge is -2.13. The Morgan fingerprint density at radius 1 is 0.964 bits per heavy atom. The Balaban J connectivity index is 1.78. The number of carbonyl (C=O) groups is 2. The van der Waals surface area contributed by atoms with Crippen LogP contribution in [0.15, 0.2) is 42.5 Å². The quantitative estimate of drug-likeness (QED) is 0.672. The van der Waals surface area contributed by atoms with Gasteiger partial charge in [0.25, 0.3) is 5.91 Å². The minimum absolute atomic E-state index is 0.141. The van der Waals surface area contributed by atoms with Crippen LogP contribution in [0.5, 0.6) is 17.2 Å². The van der Waals surface area contributed by atoms with E-state index in [1.807, 2.05) is 18.2 Å². The molecular weight excluding hydrogens is 362 g/mol. The Labute approximate surface area is 163 Å². The number of nitrogens with zero attached hydrogens (tertiary/aromatic N) is 1. The summed E-state index contributed by atoms with van der Waals surface area (Å²) < 4.78 is 15.8. The molecule has 28 heavy (non-hydrogen) atoms. The van der Waals surface area contributed by atoms with E-state index in [0.29, 0.717) is 29.2 Å². The highest BCUT2D eigenvalue weighted by atomic mass is 16.5. The van der Waals surface area contributed by atoms with Crippen molar-refractivity contribution in [1.29, 1.82) is 5.26 Å². The molecule has 0 spiro atoms. The van der Waals surface area contributed by atoms with E-state index in [1.54, 1.807) is 37.4 Å². The van der Waals surface area contributed by atoms with Gasteiger partial charge in [0.2, 0.25) is 5.91 Å². The van der Waals surface area contributed by atoms with E-state index in [4.69, 9.17) is 19.5 Å². The third-order valence-corrected chi connectivity index (χ3v) is 3.81. The highest BCUT2D eigenvalue weighted by Gasteiger charge is 2.12. The Kier molecular flexibility index (Phi) is 7.66. The van der Waals surface area contributed by atoms with Crippen molar-refractivity contribution in [1.82, 2.24) is 10.9 Å². The number of ether oxygens (including phenoxy) is 3. The Morgan fingerprint density at radius 3 is 2.39 bits per heavy atom. The Hall–Kier alpha value is -3.73. The lowest BCUT2D eigenvalue weighted by Crippen LogP contribution is -2.43. The SMILES string of the molecule is COc1cccc(CCC(=O)NNC(=O)COc2ccccc2C#N)c1OC. The second-order valence-corrected chi connectivity index (χ2v) is 5.65. The van der Waals surface area contributed by atoms with Crippen molar-refractivity contribution in [3.63, 3.8) is 0 Å². The van der Waals surface area contributed by atoms with Gasteiger partial charge in [0, 0.05) is 6.42 Å². The van der Waals surface area contributed by atoms with Gasteiger partial charge in [-0.25, -0.2) is 0 Å². The molecule has 146 valence electrons. The molecule has 0 atom stereocenters. The summed E-state index contributed by atoms with van der Waals surface area (Å²) in [5, 5.41) is 8.98. The van der Waals surface area contributed by atoms with Gasteiger partial charge in [0.15, 0.2) is 18.1 Å². The lowest BCUT2D eigenvalue weighted by atomic mass is 10.1. The molecule has 0 saturated heterocycles. The molecule has 8 nitrogen and oxygen atoms in total. The van der Waals surface area contributed by atoms with Crippen molar-refractivity contribution in [3.8, 4) is 23.3 Å². The molecule has 2 amide bonds. The molecule has 0 aliphatic heterocycles. The van der Waals surface area contributed by atoms with Crippen molar-refractivity contribution in [2.45, 2.75) is 12.8 Å². The number of carbonyl (C=O) groups excluding carboxylic acids is 2. The number of nitriles is 1. The van der Waals surface area contributed by atoms with Crippen LogP contribution in [-0.2, 0) is 16.0 Å². The number of amides is 2. The highest BCUT2D eigenvalue weighted by Crippen LogP contribution is 2.31. The third kappa shape index (κ3) is 5.64. The molecule has 0 aliphatic carbocycles. The largest absolute Gasteiger partial charge is 0.493 e. The van der Waals surface area contributed by atoms with Crippen molar-refractivity contribution in [3.05, 3.63) is 53.6 Å². The van der Waals surface area contributed by atoms with Crippen molar-refractivity contribution in [2.24, 2.45) is 0 Å². The lowest BCUT2D eigenvalue weighted by molar-refractivity contribution is -0.130. The Bertz CT molecular complexity index is 876. The van der Waals surface area contributed by atoms with Crippen LogP contribution in [0.1, 0.15) is 17.5 Å². The minimum atomic E-state index is -0.542. The molecule has 2 N–H and O–H groups in total. The second-order valence-electron chi connectivity index (χ2n) is 5.65. The van der Waals surface area contributed by atoms with Gasteiger partial charge >= 0.3 is 0 Å². The van der Waals surface area contributed by atoms with Crippen LogP contribution in [0.25, 0.3) is 0 Å². The summed E-state index contributed by atoms with van der Waals surface area (Å²) in [7, 11) is 3.08. The predicted octanol–water partition coefficient (Wildman–Crippen LogP) is 1.73. The topological polar surface area (TPSA) is 110 Å². The van der Waals surface area contributed by atoms with E-state index in [2.05, 4.69) is 10.9 Å². The fraction of sp³-hybridized carbons (Fsp3) is 0.250. The van der Waals surface area contributed by atoms with Gasteiger partial charge in [0.05, 0.1) is 19.8 Å². The molecule has 0 bridgehead atoms. The number of benzene rings is 2. The molecule has 8 heteroatoms. The van der Waals surface area contributed by atoms with Gasteiger partial charge in [-0.1, -0.05) is 24.3 Å². The zero-order chi connectivity index (χ0) is 20.4. The number of nitrogens with one attached hydrogen (secondary N) is 2. The van der Waals surface area contributed by atoms with E-state index in [-0.39, 0.29) is 18.9 Å².